The summed E-state index contributed by atoms with van der Waals surface area (Å²) < 4.78 is 38.4. The number of hydrogen-bond donors (Lipinski definition) is 1. The van der Waals surface area contributed by atoms with Crippen LogP contribution < -0.4 is 9.46 Å². The monoisotopic (exact) mass is 453 g/mol. The quantitative estimate of drug-likeness (QED) is 0.365. The van der Waals surface area contributed by atoms with E-state index in [1.165, 1.54) is 19.2 Å². The lowest BCUT2D eigenvalue weighted by molar-refractivity contribution is -0.140. The number of methoxy groups -OCH3 is 2. The van der Waals surface area contributed by atoms with Crippen LogP contribution in [0.15, 0.2) is 53.4 Å². The predicted octanol–water partition coefficient (Wildman–Crippen LogP) is 4.88. The Bertz CT molecular complexity index is 898. The van der Waals surface area contributed by atoms with Crippen LogP contribution in [0.3, 0.4) is 0 Å². The summed E-state index contributed by atoms with van der Waals surface area (Å²) in [6.07, 6.45) is 4.40. The molecule has 30 heavy (non-hydrogen) atoms. The van der Waals surface area contributed by atoms with Crippen LogP contribution in [0.25, 0.3) is 0 Å². The van der Waals surface area contributed by atoms with Gasteiger partial charge in [-0.2, -0.15) is 0 Å². The van der Waals surface area contributed by atoms with E-state index in [-0.39, 0.29) is 16.9 Å². The van der Waals surface area contributed by atoms with Gasteiger partial charge in [-0.1, -0.05) is 43.0 Å². The van der Waals surface area contributed by atoms with Gasteiger partial charge in [0.15, 0.2) is 0 Å². The molecule has 0 aliphatic heterocycles. The first kappa shape index (κ1) is 24.2. The standard InChI is InChI=1S/C22H28ClNO5S/c1-28-19-13-9-17(10-14-19)21(7-5-3-4-6-8-22(25)29-2)24-30(26,27)20-15-11-18(23)12-16-20/h9-16,21,24H,3-8H2,1-2H3. The number of hydrogen-bond acceptors (Lipinski definition) is 5. The summed E-state index contributed by atoms with van der Waals surface area (Å²) >= 11 is 5.87. The number of ether oxygens (including phenoxy) is 2. The highest BCUT2D eigenvalue weighted by Gasteiger charge is 2.21. The minimum absolute atomic E-state index is 0.170. The van der Waals surface area contributed by atoms with Crippen molar-refractivity contribution >= 4 is 27.6 Å². The van der Waals surface area contributed by atoms with E-state index in [9.17, 15) is 13.2 Å². The molecule has 0 aromatic heterocycles. The second-order valence-corrected chi connectivity index (χ2v) is 9.08. The minimum Gasteiger partial charge on any atom is -0.497 e. The summed E-state index contributed by atoms with van der Waals surface area (Å²) in [4.78, 5) is 11.4. The van der Waals surface area contributed by atoms with E-state index < -0.39 is 10.0 Å². The van der Waals surface area contributed by atoms with Gasteiger partial charge in [0, 0.05) is 17.5 Å². The van der Waals surface area contributed by atoms with Gasteiger partial charge in [-0.15, -0.1) is 0 Å². The van der Waals surface area contributed by atoms with Crippen LogP contribution in [0.4, 0.5) is 0 Å². The number of benzene rings is 2. The zero-order valence-corrected chi connectivity index (χ0v) is 18.8. The maximum absolute atomic E-state index is 12.9. The smallest absolute Gasteiger partial charge is 0.305 e. The Morgan fingerprint density at radius 3 is 2.20 bits per heavy atom. The lowest BCUT2D eigenvalue weighted by atomic mass is 10.0. The highest BCUT2D eigenvalue weighted by Crippen LogP contribution is 2.25. The molecule has 0 radical (unpaired) electrons. The number of halogens is 1. The summed E-state index contributed by atoms with van der Waals surface area (Å²) in [7, 11) is -0.732. The van der Waals surface area contributed by atoms with Crippen LogP contribution in [0.1, 0.15) is 50.1 Å². The van der Waals surface area contributed by atoms with Gasteiger partial charge in [-0.3, -0.25) is 4.79 Å². The van der Waals surface area contributed by atoms with Crippen LogP contribution in [0, 0.1) is 0 Å². The highest BCUT2D eigenvalue weighted by molar-refractivity contribution is 7.89. The Balaban J connectivity index is 2.05. The fraction of sp³-hybridized carbons (Fsp3) is 0.409. The third kappa shape index (κ3) is 7.63. The molecule has 0 amide bonds. The van der Waals surface area contributed by atoms with Gasteiger partial charge < -0.3 is 9.47 Å². The molecular weight excluding hydrogens is 426 g/mol. The summed E-state index contributed by atoms with van der Waals surface area (Å²) in [5.74, 6) is 0.503. The van der Waals surface area contributed by atoms with E-state index in [0.717, 1.165) is 31.2 Å². The van der Waals surface area contributed by atoms with E-state index in [1.54, 1.807) is 19.2 Å². The molecule has 2 rings (SSSR count). The second kappa shape index (κ2) is 11.9. The normalized spacial score (nSPS) is 12.4. The molecule has 0 saturated heterocycles. The lowest BCUT2D eigenvalue weighted by Gasteiger charge is -2.20. The van der Waals surface area contributed by atoms with Crippen molar-refractivity contribution in [2.24, 2.45) is 0 Å². The molecule has 8 heteroatoms. The maximum Gasteiger partial charge on any atom is 0.305 e. The zero-order chi connectivity index (χ0) is 22.0. The Kier molecular flexibility index (Phi) is 9.62. The highest BCUT2D eigenvalue weighted by atomic mass is 35.5. The maximum atomic E-state index is 12.9. The van der Waals surface area contributed by atoms with Crippen LogP contribution >= 0.6 is 11.6 Å². The number of carbonyl (C=O) groups is 1. The first-order valence-electron chi connectivity index (χ1n) is 9.84. The molecule has 0 saturated carbocycles. The Hall–Kier alpha value is -2.09. The SMILES string of the molecule is COC(=O)CCCCCCC(NS(=O)(=O)c1ccc(Cl)cc1)c1ccc(OC)cc1. The molecule has 2 aromatic carbocycles. The average molecular weight is 454 g/mol. The van der Waals surface area contributed by atoms with E-state index in [1.807, 2.05) is 24.3 Å². The summed E-state index contributed by atoms with van der Waals surface area (Å²) in [6.45, 7) is 0. The average Bonchev–Trinajstić information content (AvgIpc) is 2.75. The van der Waals surface area contributed by atoms with Gasteiger partial charge in [0.1, 0.15) is 5.75 Å². The number of rotatable bonds is 12. The third-order valence-corrected chi connectivity index (χ3v) is 6.53. The fourth-order valence-corrected chi connectivity index (χ4v) is 4.46. The molecule has 1 atom stereocenters. The first-order chi connectivity index (χ1) is 14.4. The molecule has 0 spiro atoms. The molecule has 0 bridgehead atoms. The van der Waals surface area contributed by atoms with Crippen LogP contribution in [-0.4, -0.2) is 28.6 Å². The number of sulfonamides is 1. The van der Waals surface area contributed by atoms with Gasteiger partial charge in [0.25, 0.3) is 0 Å². The Morgan fingerprint density at radius 2 is 1.60 bits per heavy atom. The molecule has 0 heterocycles. The molecule has 6 nitrogen and oxygen atoms in total. The van der Waals surface area contributed by atoms with E-state index in [0.29, 0.717) is 23.6 Å². The van der Waals surface area contributed by atoms with Crippen LogP contribution in [-0.2, 0) is 19.6 Å². The zero-order valence-electron chi connectivity index (χ0n) is 17.3. The Morgan fingerprint density at radius 1 is 0.967 bits per heavy atom. The largest absolute Gasteiger partial charge is 0.497 e. The van der Waals surface area contributed by atoms with E-state index in [4.69, 9.17) is 16.3 Å². The molecule has 0 aliphatic rings. The first-order valence-corrected chi connectivity index (χ1v) is 11.7. The van der Waals surface area contributed by atoms with Gasteiger partial charge >= 0.3 is 5.97 Å². The van der Waals surface area contributed by atoms with Gasteiger partial charge in [-0.25, -0.2) is 13.1 Å². The number of carbonyl (C=O) groups excluding carboxylic acids is 1. The van der Waals surface area contributed by atoms with Crippen molar-refractivity contribution in [2.75, 3.05) is 14.2 Å². The number of unbranched alkanes of at least 4 members (excludes halogenated alkanes) is 3. The van der Waals surface area contributed by atoms with E-state index >= 15 is 0 Å². The van der Waals surface area contributed by atoms with Crippen molar-refractivity contribution in [3.8, 4) is 5.75 Å². The molecule has 2 aromatic rings. The third-order valence-electron chi connectivity index (χ3n) is 4.79. The van der Waals surface area contributed by atoms with Crippen LogP contribution in [0.5, 0.6) is 5.75 Å². The van der Waals surface area contributed by atoms with Crippen molar-refractivity contribution in [2.45, 2.75) is 49.5 Å². The molecule has 0 fully saturated rings. The number of esters is 1. The molecular formula is C22H28ClNO5S. The number of nitrogens with one attached hydrogen (secondary N) is 1. The van der Waals surface area contributed by atoms with Crippen LogP contribution in [0.2, 0.25) is 5.02 Å². The minimum atomic E-state index is -3.70. The van der Waals surface area contributed by atoms with E-state index in [2.05, 4.69) is 9.46 Å². The van der Waals surface area contributed by atoms with Crippen molar-refractivity contribution in [1.29, 1.82) is 0 Å². The summed E-state index contributed by atoms with van der Waals surface area (Å²) in [5.41, 5.74) is 0.864. The van der Waals surface area contributed by atoms with Crippen molar-refractivity contribution < 1.29 is 22.7 Å². The molecule has 1 N–H and O–H groups in total. The summed E-state index contributed by atoms with van der Waals surface area (Å²) in [5, 5.41) is 0.479. The van der Waals surface area contributed by atoms with Crippen molar-refractivity contribution in [1.82, 2.24) is 4.72 Å². The lowest BCUT2D eigenvalue weighted by Crippen LogP contribution is -2.28. The van der Waals surface area contributed by atoms with Crippen molar-refractivity contribution in [3.63, 3.8) is 0 Å². The molecule has 1 unspecified atom stereocenters. The molecule has 164 valence electrons. The van der Waals surface area contributed by atoms with Gasteiger partial charge in [-0.05, 0) is 54.8 Å². The predicted molar refractivity (Wildman–Crippen MR) is 117 cm³/mol. The van der Waals surface area contributed by atoms with Gasteiger partial charge in [0.2, 0.25) is 10.0 Å². The second-order valence-electron chi connectivity index (χ2n) is 6.93. The summed E-state index contributed by atoms with van der Waals surface area (Å²) in [6, 6.07) is 13.1. The molecule has 0 aliphatic carbocycles. The Labute approximate surface area is 183 Å². The van der Waals surface area contributed by atoms with Gasteiger partial charge in [0.05, 0.1) is 19.1 Å². The van der Waals surface area contributed by atoms with Crippen molar-refractivity contribution in [3.05, 3.63) is 59.1 Å². The topological polar surface area (TPSA) is 81.7 Å². The fourth-order valence-electron chi connectivity index (χ4n) is 3.07.